The first-order valence-electron chi connectivity index (χ1n) is 11.0. The third-order valence-electron chi connectivity index (χ3n) is 5.26. The second-order valence-corrected chi connectivity index (χ2v) is 8.56. The number of allylic oxidation sites excluding steroid dienone is 3. The minimum absolute atomic E-state index is 0.0563. The summed E-state index contributed by atoms with van der Waals surface area (Å²) >= 11 is 0. The van der Waals surface area contributed by atoms with Crippen LogP contribution in [-0.4, -0.2) is 112 Å². The monoisotopic (exact) mass is 474 g/mol. The van der Waals surface area contributed by atoms with E-state index in [1.54, 1.807) is 40.7 Å². The maximum Gasteiger partial charge on any atom is 0.230 e. The van der Waals surface area contributed by atoms with E-state index >= 15 is 0 Å². The molecule has 2 aliphatic rings. The van der Waals surface area contributed by atoms with E-state index in [9.17, 15) is 15.3 Å². The summed E-state index contributed by atoms with van der Waals surface area (Å²) in [6, 6.07) is 0. The van der Waals surface area contributed by atoms with E-state index < -0.39 is 24.6 Å². The van der Waals surface area contributed by atoms with Crippen LogP contribution in [0.25, 0.3) is 5.76 Å². The summed E-state index contributed by atoms with van der Waals surface area (Å²) in [4.78, 5) is 19.3. The van der Waals surface area contributed by atoms with Crippen LogP contribution in [0.1, 0.15) is 37.0 Å². The molecule has 186 valence electrons. The number of guanidine groups is 1. The van der Waals surface area contributed by atoms with E-state index in [-0.39, 0.29) is 18.8 Å². The van der Waals surface area contributed by atoms with Gasteiger partial charge in [-0.05, 0) is 13.0 Å². The van der Waals surface area contributed by atoms with Gasteiger partial charge in [-0.25, -0.2) is 14.7 Å². The van der Waals surface area contributed by atoms with Crippen molar-refractivity contribution in [2.75, 3.05) is 41.8 Å². The molecule has 12 heteroatoms. The highest BCUT2D eigenvalue weighted by molar-refractivity contribution is 5.91. The Kier molecular flexibility index (Phi) is 8.07. The van der Waals surface area contributed by atoms with Crippen molar-refractivity contribution in [3.63, 3.8) is 0 Å². The van der Waals surface area contributed by atoms with Crippen LogP contribution in [0.3, 0.4) is 0 Å². The number of hydrogen-bond acceptors (Lipinski definition) is 9. The van der Waals surface area contributed by atoms with Crippen LogP contribution >= 0.6 is 0 Å². The number of hydrogen-bond donors (Lipinski definition) is 3. The van der Waals surface area contributed by atoms with E-state index in [2.05, 4.69) is 10.1 Å². The molecule has 3 heterocycles. The van der Waals surface area contributed by atoms with Crippen LogP contribution in [-0.2, 0) is 4.74 Å². The maximum atomic E-state index is 10.9. The highest BCUT2D eigenvalue weighted by Gasteiger charge is 2.41. The molecule has 4 unspecified atom stereocenters. The Bertz CT molecular complexity index is 1010. The molecule has 0 radical (unpaired) electrons. The number of aromatic nitrogens is 2. The topological polar surface area (TPSA) is 135 Å². The van der Waals surface area contributed by atoms with Gasteiger partial charge in [0.25, 0.3) is 0 Å². The van der Waals surface area contributed by atoms with Gasteiger partial charge in [-0.2, -0.15) is 10.1 Å². The molecule has 1 fully saturated rings. The molecular weight excluding hydrogens is 440 g/mol. The van der Waals surface area contributed by atoms with E-state index in [1.807, 2.05) is 47.1 Å². The zero-order valence-corrected chi connectivity index (χ0v) is 20.4. The molecule has 0 bridgehead atoms. The van der Waals surface area contributed by atoms with E-state index in [1.165, 1.54) is 4.68 Å². The van der Waals surface area contributed by atoms with Gasteiger partial charge in [0.15, 0.2) is 18.2 Å². The SMILES string of the molecule is C/C=C\C=C(/O)c1nn(C2CC(O)C(CO)O2)c2c1C(N=CN(C)C)N(C)C(N=CN(C)C)=N2. The van der Waals surface area contributed by atoms with Crippen molar-refractivity contribution in [3.05, 3.63) is 29.5 Å². The molecule has 1 aromatic heterocycles. The predicted molar refractivity (Wildman–Crippen MR) is 131 cm³/mol. The summed E-state index contributed by atoms with van der Waals surface area (Å²) in [7, 11) is 9.26. The first kappa shape index (κ1) is 25.4. The smallest absolute Gasteiger partial charge is 0.230 e. The number of aliphatic imine (C=N–C) groups is 3. The Morgan fingerprint density at radius 1 is 1.24 bits per heavy atom. The lowest BCUT2D eigenvalue weighted by Gasteiger charge is -2.30. The molecular formula is C22H34N8O4. The highest BCUT2D eigenvalue weighted by Crippen LogP contribution is 2.43. The molecule has 3 rings (SSSR count). The van der Waals surface area contributed by atoms with Crippen molar-refractivity contribution in [2.45, 2.75) is 37.9 Å². The Labute approximate surface area is 199 Å². The first-order valence-corrected chi connectivity index (χ1v) is 11.0. The molecule has 0 amide bonds. The molecule has 3 N–H and O–H groups in total. The highest BCUT2D eigenvalue weighted by atomic mass is 16.5. The molecule has 0 spiro atoms. The number of aliphatic hydroxyl groups excluding tert-OH is 3. The summed E-state index contributed by atoms with van der Waals surface area (Å²) in [6.45, 7) is 1.53. The van der Waals surface area contributed by atoms with Gasteiger partial charge in [0.05, 0.1) is 31.0 Å². The first-order chi connectivity index (χ1) is 16.2. The lowest BCUT2D eigenvalue weighted by molar-refractivity contribution is -0.0478. The van der Waals surface area contributed by atoms with E-state index in [0.717, 1.165) is 0 Å². The van der Waals surface area contributed by atoms with Crippen molar-refractivity contribution >= 4 is 30.2 Å². The molecule has 12 nitrogen and oxygen atoms in total. The normalized spacial score (nSPS) is 25.6. The minimum atomic E-state index is -0.852. The van der Waals surface area contributed by atoms with Crippen LogP contribution in [0.4, 0.5) is 5.82 Å². The molecule has 0 aromatic carbocycles. The van der Waals surface area contributed by atoms with E-state index in [0.29, 0.717) is 23.0 Å². The fraction of sp³-hybridized carbons (Fsp3) is 0.545. The second kappa shape index (κ2) is 10.8. The van der Waals surface area contributed by atoms with Crippen LogP contribution in [0, 0.1) is 0 Å². The minimum Gasteiger partial charge on any atom is -0.506 e. The molecule has 4 atom stereocenters. The van der Waals surface area contributed by atoms with Crippen molar-refractivity contribution in [3.8, 4) is 0 Å². The molecule has 1 saturated heterocycles. The van der Waals surface area contributed by atoms with Gasteiger partial charge >= 0.3 is 0 Å². The lowest BCUT2D eigenvalue weighted by atomic mass is 10.1. The summed E-state index contributed by atoms with van der Waals surface area (Å²) in [5.41, 5.74) is 0.874. The summed E-state index contributed by atoms with van der Waals surface area (Å²) in [5, 5.41) is 35.3. The van der Waals surface area contributed by atoms with Crippen molar-refractivity contribution in [1.82, 2.24) is 24.5 Å². The zero-order chi connectivity index (χ0) is 25.0. The van der Waals surface area contributed by atoms with Crippen LogP contribution in [0.2, 0.25) is 0 Å². The third kappa shape index (κ3) is 5.29. The van der Waals surface area contributed by atoms with Gasteiger partial charge in [0.2, 0.25) is 5.96 Å². The molecule has 1 aromatic rings. The van der Waals surface area contributed by atoms with Crippen LogP contribution in [0.15, 0.2) is 33.2 Å². The Balaban J connectivity index is 2.24. The largest absolute Gasteiger partial charge is 0.506 e. The molecule has 2 aliphatic heterocycles. The standard InChI is InChI=1S/C22H34N8O4/c1-7-8-9-14(32)19-18-20(23-12-27(2)3)29(6)22(24-13-28(4)5)25-21(18)30(26-19)17-10-15(33)16(11-31)34-17/h7-9,12-13,15-17,20,31-33H,10-11H2,1-6H3/b8-7-,14-9-,23-12?,24-13?. The molecule has 34 heavy (non-hydrogen) atoms. The Hall–Kier alpha value is -3.22. The van der Waals surface area contributed by atoms with Gasteiger partial charge in [-0.3, -0.25) is 0 Å². The zero-order valence-electron chi connectivity index (χ0n) is 20.4. The van der Waals surface area contributed by atoms with Crippen LogP contribution < -0.4 is 0 Å². The fourth-order valence-corrected chi connectivity index (χ4v) is 3.61. The summed E-state index contributed by atoms with van der Waals surface area (Å²) in [6.07, 6.45) is 5.71. The summed E-state index contributed by atoms with van der Waals surface area (Å²) < 4.78 is 7.38. The maximum absolute atomic E-state index is 10.9. The van der Waals surface area contributed by atoms with Crippen LogP contribution in [0.5, 0.6) is 0 Å². The number of rotatable bonds is 7. The average molecular weight is 475 g/mol. The summed E-state index contributed by atoms with van der Waals surface area (Å²) in [5.74, 6) is 0.749. The number of ether oxygens (including phenoxy) is 1. The van der Waals surface area contributed by atoms with E-state index in [4.69, 9.17) is 14.7 Å². The van der Waals surface area contributed by atoms with Gasteiger partial charge in [0.1, 0.15) is 17.6 Å². The second-order valence-electron chi connectivity index (χ2n) is 8.56. The molecule has 0 saturated carbocycles. The quantitative estimate of drug-likeness (QED) is 0.232. The van der Waals surface area contributed by atoms with Gasteiger partial charge < -0.3 is 34.8 Å². The lowest BCUT2D eigenvalue weighted by Crippen LogP contribution is -2.33. The number of aliphatic hydroxyl groups is 3. The molecule has 0 aliphatic carbocycles. The average Bonchev–Trinajstić information content (AvgIpc) is 3.35. The number of nitrogens with zero attached hydrogens (tertiary/aromatic N) is 8. The van der Waals surface area contributed by atoms with Gasteiger partial charge in [0, 0.05) is 41.7 Å². The van der Waals surface area contributed by atoms with Crippen molar-refractivity contribution in [1.29, 1.82) is 0 Å². The van der Waals surface area contributed by atoms with Crippen molar-refractivity contribution < 1.29 is 20.1 Å². The van der Waals surface area contributed by atoms with Crippen molar-refractivity contribution in [2.24, 2.45) is 15.0 Å². The Morgan fingerprint density at radius 2 is 1.94 bits per heavy atom. The van der Waals surface area contributed by atoms with Gasteiger partial charge in [-0.15, -0.1) is 0 Å². The third-order valence-corrected chi connectivity index (χ3v) is 5.26. The fourth-order valence-electron chi connectivity index (χ4n) is 3.61. The predicted octanol–water partition coefficient (Wildman–Crippen LogP) is 1.11. The number of fused-ring (bicyclic) bond motifs is 1. The van der Waals surface area contributed by atoms with Gasteiger partial charge in [-0.1, -0.05) is 12.2 Å². The Morgan fingerprint density at radius 3 is 2.53 bits per heavy atom.